The molecule has 2 aromatic heterocycles. The van der Waals surface area contributed by atoms with Gasteiger partial charge in [0.15, 0.2) is 11.5 Å². The van der Waals surface area contributed by atoms with Crippen LogP contribution in [0.3, 0.4) is 0 Å². The van der Waals surface area contributed by atoms with Gasteiger partial charge < -0.3 is 18.6 Å². The van der Waals surface area contributed by atoms with Crippen molar-refractivity contribution >= 4 is 11.0 Å². The van der Waals surface area contributed by atoms with Crippen LogP contribution in [0.25, 0.3) is 33.4 Å². The van der Waals surface area contributed by atoms with E-state index in [-0.39, 0.29) is 0 Å². The fourth-order valence-corrected chi connectivity index (χ4v) is 5.45. The molecule has 0 aliphatic heterocycles. The third-order valence-electron chi connectivity index (χ3n) is 7.46. The highest BCUT2D eigenvalue weighted by Gasteiger charge is 2.23. The Balaban J connectivity index is 1.53. The summed E-state index contributed by atoms with van der Waals surface area (Å²) in [4.78, 5) is 5.01. The third kappa shape index (κ3) is 5.12. The van der Waals surface area contributed by atoms with Gasteiger partial charge in [-0.05, 0) is 40.8 Å². The summed E-state index contributed by atoms with van der Waals surface area (Å²) < 4.78 is 15.1. The lowest BCUT2D eigenvalue weighted by Crippen LogP contribution is -2.22. The predicted octanol–water partition coefficient (Wildman–Crippen LogP) is 6.96. The first-order valence-electron chi connectivity index (χ1n) is 13.7. The molecule has 6 rings (SSSR count). The summed E-state index contributed by atoms with van der Waals surface area (Å²) in [6.45, 7) is 1.26. The van der Waals surface area contributed by atoms with Crippen molar-refractivity contribution in [1.29, 1.82) is 5.41 Å². The molecule has 41 heavy (non-hydrogen) atoms. The molecule has 204 valence electrons. The maximum Gasteiger partial charge on any atom is 0.160 e. The van der Waals surface area contributed by atoms with Crippen LogP contribution >= 0.6 is 0 Å². The van der Waals surface area contributed by atoms with Crippen molar-refractivity contribution < 1.29 is 9.47 Å². The number of aryl methyl sites for hydroxylation is 2. The van der Waals surface area contributed by atoms with Gasteiger partial charge in [-0.25, -0.2) is 4.98 Å². The molecule has 0 unspecified atom stereocenters. The van der Waals surface area contributed by atoms with E-state index < -0.39 is 0 Å². The van der Waals surface area contributed by atoms with E-state index in [2.05, 4.69) is 77.4 Å². The van der Waals surface area contributed by atoms with Gasteiger partial charge in [-0.15, -0.1) is 0 Å². The van der Waals surface area contributed by atoms with Crippen LogP contribution in [0.1, 0.15) is 11.1 Å². The second-order valence-electron chi connectivity index (χ2n) is 9.95. The van der Waals surface area contributed by atoms with Crippen molar-refractivity contribution in [1.82, 2.24) is 14.1 Å². The average molecular weight is 541 g/mol. The zero-order valence-corrected chi connectivity index (χ0v) is 23.2. The number of ether oxygens (including phenoxy) is 2. The Bertz CT molecular complexity index is 1840. The summed E-state index contributed by atoms with van der Waals surface area (Å²) in [5.74, 6) is 1.40. The number of rotatable bonds is 9. The highest BCUT2D eigenvalue weighted by Crippen LogP contribution is 2.39. The van der Waals surface area contributed by atoms with Gasteiger partial charge >= 0.3 is 0 Å². The third-order valence-corrected chi connectivity index (χ3v) is 7.46. The van der Waals surface area contributed by atoms with Crippen molar-refractivity contribution in [2.75, 3.05) is 14.2 Å². The molecule has 0 fully saturated rings. The van der Waals surface area contributed by atoms with Gasteiger partial charge in [0.25, 0.3) is 0 Å². The van der Waals surface area contributed by atoms with Crippen LogP contribution in [0.2, 0.25) is 0 Å². The molecule has 0 aliphatic carbocycles. The lowest BCUT2D eigenvalue weighted by atomic mass is 9.99. The summed E-state index contributed by atoms with van der Waals surface area (Å²) in [6, 6.07) is 37.2. The van der Waals surface area contributed by atoms with Crippen molar-refractivity contribution in [3.8, 4) is 33.9 Å². The Morgan fingerprint density at radius 2 is 1.34 bits per heavy atom. The molecule has 0 atom stereocenters. The van der Waals surface area contributed by atoms with Gasteiger partial charge in [0.05, 0.1) is 31.6 Å². The van der Waals surface area contributed by atoms with E-state index in [9.17, 15) is 5.41 Å². The highest BCUT2D eigenvalue weighted by molar-refractivity contribution is 6.02. The maximum atomic E-state index is 9.45. The number of aromatic nitrogens is 3. The first-order valence-corrected chi connectivity index (χ1v) is 13.7. The van der Waals surface area contributed by atoms with Crippen LogP contribution in [-0.2, 0) is 19.5 Å². The monoisotopic (exact) mass is 540 g/mol. The summed E-state index contributed by atoms with van der Waals surface area (Å²) in [5, 5.41) is 10.3. The first kappa shape index (κ1) is 26.1. The lowest BCUT2D eigenvalue weighted by Gasteiger charge is -2.13. The molecule has 0 saturated carbocycles. The molecule has 0 spiro atoms. The number of methoxy groups -OCH3 is 2. The predicted molar refractivity (Wildman–Crippen MR) is 163 cm³/mol. The highest BCUT2D eigenvalue weighted by atomic mass is 16.5. The van der Waals surface area contributed by atoms with Crippen LogP contribution < -0.4 is 15.0 Å². The normalized spacial score (nSPS) is 11.1. The average Bonchev–Trinajstić information content (AvgIpc) is 3.36. The van der Waals surface area contributed by atoms with E-state index in [4.69, 9.17) is 14.5 Å². The Labute approximate surface area is 239 Å². The second kappa shape index (κ2) is 11.6. The maximum absolute atomic E-state index is 9.45. The largest absolute Gasteiger partial charge is 0.493 e. The topological polar surface area (TPSA) is 65.1 Å². The van der Waals surface area contributed by atoms with E-state index in [1.807, 2.05) is 41.0 Å². The number of hydrogen-bond acceptors (Lipinski definition) is 4. The van der Waals surface area contributed by atoms with Crippen molar-refractivity contribution in [3.05, 3.63) is 132 Å². The van der Waals surface area contributed by atoms with Crippen LogP contribution in [0.4, 0.5) is 0 Å². The fourth-order valence-electron chi connectivity index (χ4n) is 5.45. The zero-order valence-electron chi connectivity index (χ0n) is 23.2. The minimum absolute atomic E-state index is 0.443. The van der Waals surface area contributed by atoms with E-state index in [1.165, 1.54) is 5.56 Å². The van der Waals surface area contributed by atoms with Gasteiger partial charge in [-0.3, -0.25) is 5.41 Å². The van der Waals surface area contributed by atoms with Gasteiger partial charge in [0.1, 0.15) is 11.1 Å². The number of hydrogen-bond donors (Lipinski definition) is 1. The second-order valence-corrected chi connectivity index (χ2v) is 9.95. The van der Waals surface area contributed by atoms with E-state index in [1.54, 1.807) is 20.5 Å². The van der Waals surface area contributed by atoms with Crippen molar-refractivity contribution in [2.45, 2.75) is 19.5 Å². The molecule has 0 bridgehead atoms. The summed E-state index contributed by atoms with van der Waals surface area (Å²) in [5.41, 5.74) is 7.78. The minimum Gasteiger partial charge on any atom is -0.493 e. The molecule has 0 saturated heterocycles. The Morgan fingerprint density at radius 3 is 2.00 bits per heavy atom. The Morgan fingerprint density at radius 1 is 0.707 bits per heavy atom. The summed E-state index contributed by atoms with van der Waals surface area (Å²) in [6.07, 6.45) is 2.53. The Hall–Kier alpha value is -5.10. The molecule has 2 heterocycles. The number of benzene rings is 4. The SMILES string of the molecule is COc1ccc(CCn2cnc3c(c(-c4ccccc4)c(-c4ccccc4)n3Cc3ccccc3)c2=N)cc1OC. The first-order chi connectivity index (χ1) is 20.2. The van der Waals surface area contributed by atoms with Gasteiger partial charge in [-0.1, -0.05) is 97.1 Å². The number of fused-ring (bicyclic) bond motifs is 1. The molecule has 0 amide bonds. The van der Waals surface area contributed by atoms with Gasteiger partial charge in [-0.2, -0.15) is 0 Å². The molecular formula is C35H32N4O2. The fraction of sp³-hybridized carbons (Fsp3) is 0.143. The van der Waals surface area contributed by atoms with Gasteiger partial charge in [0.2, 0.25) is 0 Å². The number of nitrogens with zero attached hydrogens (tertiary/aromatic N) is 3. The molecule has 0 radical (unpaired) electrons. The Kier molecular flexibility index (Phi) is 7.37. The molecule has 1 N–H and O–H groups in total. The van der Waals surface area contributed by atoms with E-state index >= 15 is 0 Å². The molecular weight excluding hydrogens is 508 g/mol. The quantitative estimate of drug-likeness (QED) is 0.216. The van der Waals surface area contributed by atoms with E-state index in [0.29, 0.717) is 30.1 Å². The molecule has 0 aliphatic rings. The van der Waals surface area contributed by atoms with Crippen LogP contribution in [-0.4, -0.2) is 28.3 Å². The zero-order chi connectivity index (χ0) is 28.2. The standard InChI is InChI=1S/C35H32N4O2/c1-40-29-19-18-25(22-30(29)41-2)20-21-38-24-37-35-32(34(38)36)31(27-14-8-4-9-15-27)33(28-16-10-5-11-17-28)39(35)23-26-12-6-3-7-13-26/h3-19,22,24,36H,20-21,23H2,1-2H3. The summed E-state index contributed by atoms with van der Waals surface area (Å²) in [7, 11) is 3.28. The van der Waals surface area contributed by atoms with Crippen LogP contribution in [0.15, 0.2) is 116 Å². The van der Waals surface area contributed by atoms with Gasteiger partial charge in [0, 0.05) is 18.7 Å². The minimum atomic E-state index is 0.443. The van der Waals surface area contributed by atoms with Crippen LogP contribution in [0.5, 0.6) is 11.5 Å². The van der Waals surface area contributed by atoms with Crippen LogP contribution in [0, 0.1) is 5.41 Å². The van der Waals surface area contributed by atoms with E-state index in [0.717, 1.165) is 45.4 Å². The molecule has 6 heteroatoms. The number of nitrogens with one attached hydrogen (secondary N) is 1. The summed E-state index contributed by atoms with van der Waals surface area (Å²) >= 11 is 0. The molecule has 4 aromatic carbocycles. The van der Waals surface area contributed by atoms with Crippen molar-refractivity contribution in [2.24, 2.45) is 0 Å². The van der Waals surface area contributed by atoms with Crippen molar-refractivity contribution in [3.63, 3.8) is 0 Å². The molecule has 6 aromatic rings. The lowest BCUT2D eigenvalue weighted by molar-refractivity contribution is 0.354. The molecule has 6 nitrogen and oxygen atoms in total. The smallest absolute Gasteiger partial charge is 0.160 e.